The van der Waals surface area contributed by atoms with Crippen molar-refractivity contribution >= 4 is 23.7 Å². The number of carbonyl (C=O) groups is 4. The molecule has 538 valence electrons. The Morgan fingerprint density at radius 1 is 0.419 bits per heavy atom. The van der Waals surface area contributed by atoms with E-state index in [2.05, 4.69) is 16.0 Å². The first-order chi connectivity index (χ1) is 43.8. The molecule has 0 bridgehead atoms. The second-order valence-corrected chi connectivity index (χ2v) is 23.2. The average molecular weight is 1360 g/mol. The summed E-state index contributed by atoms with van der Waals surface area (Å²) < 4.78 is 76.0. The third kappa shape index (κ3) is 16.6. The molecule has 7 fully saturated rings. The van der Waals surface area contributed by atoms with Crippen molar-refractivity contribution in [3.8, 4) is 0 Å². The Labute approximate surface area is 525 Å². The molecule has 0 aromatic rings. The Morgan fingerprint density at radius 2 is 0.785 bits per heavy atom. The van der Waals surface area contributed by atoms with Gasteiger partial charge < -0.3 is 190 Å². The van der Waals surface area contributed by atoms with Gasteiger partial charge in [-0.05, 0) is 0 Å². The SMILES string of the molecule is CC(=O)N[C@H]1[C@H](O[C@@H]2[C@H](O[C@]3(C(=O)O)C[C@H](O)[C@@H](NC(C)=O)[C@H]([C@H](O)[C@H](O)CO)O3)[C@@H](O)[C@H](O[C@H]3[C@@H](O)[C@@H](CO)O[C@@H](O[C@@H]4[C@H](O)[C@@H](O)[C@H](O[C@H]5[C@H](O)[C@@H](O)[C@H](O)O[C@@H]5CO)O[C@@H]4CO)[C@@H]3NC(C)=O)O[C@@H]2CO)O[C@H](CO)[C@H](O)[C@@H]1O[C@@H]1O[C@H](CO)[C@H](O)[C@H](O)[C@H]1O. The topological polar surface area (TPSA) is 669 Å². The third-order valence-corrected chi connectivity index (χ3v) is 16.7. The van der Waals surface area contributed by atoms with E-state index in [1.54, 1.807) is 0 Å². The molecule has 0 aliphatic carbocycles. The van der Waals surface area contributed by atoms with Gasteiger partial charge in [0.25, 0.3) is 5.79 Å². The zero-order valence-electron chi connectivity index (χ0n) is 49.6. The van der Waals surface area contributed by atoms with Gasteiger partial charge in [0, 0.05) is 27.2 Å². The van der Waals surface area contributed by atoms with Crippen molar-refractivity contribution in [2.45, 2.75) is 248 Å². The fourth-order valence-corrected chi connectivity index (χ4v) is 11.9. The van der Waals surface area contributed by atoms with Crippen LogP contribution in [-0.4, -0.2) is 403 Å². The molecule has 7 aliphatic rings. The summed E-state index contributed by atoms with van der Waals surface area (Å²) in [6, 6.07) is -5.83. The summed E-state index contributed by atoms with van der Waals surface area (Å²) in [4.78, 5) is 52.4. The van der Waals surface area contributed by atoms with Crippen LogP contribution in [0, 0.1) is 0 Å². The lowest BCUT2D eigenvalue weighted by Gasteiger charge is -2.53. The Hall–Kier alpha value is -3.48. The van der Waals surface area contributed by atoms with Crippen LogP contribution in [0.5, 0.6) is 0 Å². The van der Waals surface area contributed by atoms with Crippen molar-refractivity contribution in [3.63, 3.8) is 0 Å². The van der Waals surface area contributed by atoms with Crippen LogP contribution in [0.1, 0.15) is 27.2 Å². The second kappa shape index (κ2) is 32.9. The van der Waals surface area contributed by atoms with Crippen molar-refractivity contribution in [1.82, 2.24) is 16.0 Å². The molecule has 0 aromatic carbocycles. The number of hydrogen-bond donors (Lipinski definition) is 25. The van der Waals surface area contributed by atoms with Crippen LogP contribution in [-0.2, 0) is 80.8 Å². The minimum Gasteiger partial charge on any atom is -0.477 e. The first kappa shape index (κ1) is 76.9. The number of aliphatic hydroxyl groups is 21. The van der Waals surface area contributed by atoms with Gasteiger partial charge in [0.1, 0.15) is 165 Å². The van der Waals surface area contributed by atoms with Crippen LogP contribution >= 0.6 is 0 Å². The number of rotatable bonds is 25. The van der Waals surface area contributed by atoms with Crippen molar-refractivity contribution in [2.75, 3.05) is 46.2 Å². The molecule has 7 heterocycles. The van der Waals surface area contributed by atoms with Gasteiger partial charge in [0.2, 0.25) is 17.7 Å². The standard InChI is InChI=1S/C51H85N3O39/c1-12(62)52-23-15(65)4-51(50(79)80,92-42(23)26(67)16(66)5-55)93-43-36(77)49(86-22(11-61)39(43)89-46-25(54-14(3)64)40(28(69)19(8-58)83-46)90-47-34(75)30(71)27(68)17(6-56)84-47)91-41-24(53-13(2)63)45(82-18(7-57)29(41)70)87-38-21(10-60)85-48(35(76)32(38)73)88-37-20(9-59)81-44(78)33(74)31(37)72/h15-49,55-61,65-78H,4-11H2,1-3H3,(H,52,62)(H,53,63)(H,54,64)(H,79,80)/t15-,16+,17+,18+,19+,20+,21+,22+,23+,24+,25+,26+,27-,28-,29-,30-,31+,32+,33+,34+,35+,36+,37+,38-,39-,40+,41+,42+,43+,44+,45-,46-,47-,48-,49-,51-/m0/s1. The van der Waals surface area contributed by atoms with Crippen LogP contribution in [0.25, 0.3) is 0 Å². The molecule has 7 saturated heterocycles. The highest BCUT2D eigenvalue weighted by molar-refractivity contribution is 5.77. The number of aliphatic carboxylic acids is 1. The maximum Gasteiger partial charge on any atom is 0.364 e. The van der Waals surface area contributed by atoms with E-state index in [1.807, 2.05) is 0 Å². The molecule has 0 spiro atoms. The van der Waals surface area contributed by atoms with Crippen molar-refractivity contribution < 1.29 is 193 Å². The maximum atomic E-state index is 13.8. The second-order valence-electron chi connectivity index (χ2n) is 23.2. The maximum absolute atomic E-state index is 13.8. The van der Waals surface area contributed by atoms with Crippen LogP contribution in [0.15, 0.2) is 0 Å². The molecule has 25 N–H and O–H groups in total. The zero-order valence-corrected chi connectivity index (χ0v) is 49.6. The molecule has 0 saturated carbocycles. The minimum absolute atomic E-state index is 0.906. The van der Waals surface area contributed by atoms with Crippen LogP contribution in [0.3, 0.4) is 0 Å². The molecule has 36 atom stereocenters. The summed E-state index contributed by atoms with van der Waals surface area (Å²) in [5, 5.41) is 246. The van der Waals surface area contributed by atoms with Gasteiger partial charge in [0.05, 0.1) is 58.4 Å². The van der Waals surface area contributed by atoms with E-state index in [0.29, 0.717) is 0 Å². The predicted molar refractivity (Wildman–Crippen MR) is 284 cm³/mol. The van der Waals surface area contributed by atoms with Gasteiger partial charge >= 0.3 is 5.97 Å². The summed E-state index contributed by atoms with van der Waals surface area (Å²) in [6.45, 7) is -5.26. The van der Waals surface area contributed by atoms with Crippen molar-refractivity contribution in [3.05, 3.63) is 0 Å². The van der Waals surface area contributed by atoms with E-state index >= 15 is 0 Å². The lowest BCUT2D eigenvalue weighted by atomic mass is 9.88. The fraction of sp³-hybridized carbons (Fsp3) is 0.922. The predicted octanol–water partition coefficient (Wildman–Crippen LogP) is -16.6. The molecule has 42 heteroatoms. The van der Waals surface area contributed by atoms with Gasteiger partial charge in [0.15, 0.2) is 37.7 Å². The molecular weight excluding hydrogens is 1280 g/mol. The molecule has 0 unspecified atom stereocenters. The first-order valence-corrected chi connectivity index (χ1v) is 29.3. The number of carboxylic acid groups (broad SMARTS) is 1. The van der Waals surface area contributed by atoms with Gasteiger partial charge in [-0.3, -0.25) is 14.4 Å². The highest BCUT2D eigenvalue weighted by Gasteiger charge is 2.63. The lowest BCUT2D eigenvalue weighted by Crippen LogP contribution is -2.73. The molecule has 42 nitrogen and oxygen atoms in total. The number of aliphatic hydroxyl groups excluding tert-OH is 21. The minimum atomic E-state index is -3.49. The highest BCUT2D eigenvalue weighted by Crippen LogP contribution is 2.42. The number of ether oxygens (including phenoxy) is 13. The van der Waals surface area contributed by atoms with E-state index in [-0.39, 0.29) is 0 Å². The van der Waals surface area contributed by atoms with Crippen LogP contribution < -0.4 is 16.0 Å². The van der Waals surface area contributed by atoms with E-state index < -0.39 is 297 Å². The molecule has 0 aromatic heterocycles. The number of nitrogens with one attached hydrogen (secondary N) is 3. The summed E-state index contributed by atoms with van der Waals surface area (Å²) in [5.41, 5.74) is 0. The van der Waals surface area contributed by atoms with E-state index in [4.69, 9.17) is 61.6 Å². The number of amides is 3. The Morgan fingerprint density at radius 3 is 1.24 bits per heavy atom. The van der Waals surface area contributed by atoms with E-state index in [9.17, 15) is 132 Å². The first-order valence-electron chi connectivity index (χ1n) is 29.3. The molecule has 7 aliphatic heterocycles. The Balaban J connectivity index is 1.28. The van der Waals surface area contributed by atoms with Gasteiger partial charge in [-0.15, -0.1) is 0 Å². The quantitative estimate of drug-likeness (QED) is 0.0404. The molecule has 93 heavy (non-hydrogen) atoms. The smallest absolute Gasteiger partial charge is 0.364 e. The van der Waals surface area contributed by atoms with Gasteiger partial charge in [-0.2, -0.15) is 0 Å². The Bertz CT molecular complexity index is 2410. The van der Waals surface area contributed by atoms with Gasteiger partial charge in [-0.25, -0.2) is 4.79 Å². The third-order valence-electron chi connectivity index (χ3n) is 16.7. The van der Waals surface area contributed by atoms with Crippen molar-refractivity contribution in [1.29, 1.82) is 0 Å². The van der Waals surface area contributed by atoms with Crippen LogP contribution in [0.2, 0.25) is 0 Å². The highest BCUT2D eigenvalue weighted by atomic mass is 16.8. The molecule has 7 rings (SSSR count). The Kier molecular flexibility index (Phi) is 27.2. The van der Waals surface area contributed by atoms with E-state index in [0.717, 1.165) is 20.8 Å². The summed E-state index contributed by atoms with van der Waals surface area (Å²) in [5.74, 6) is -8.64. The molecular formula is C51H85N3O39. The number of hydrogen-bond acceptors (Lipinski definition) is 38. The lowest BCUT2D eigenvalue weighted by molar-refractivity contribution is -0.402. The summed E-state index contributed by atoms with van der Waals surface area (Å²) >= 11 is 0. The zero-order chi connectivity index (χ0) is 69.0. The van der Waals surface area contributed by atoms with Crippen molar-refractivity contribution in [2.24, 2.45) is 0 Å². The molecule has 3 amide bonds. The molecule has 0 radical (unpaired) electrons. The normalized spacial score (nSPS) is 47.2. The number of carboxylic acids is 1. The monoisotopic (exact) mass is 1360 g/mol. The average Bonchev–Trinajstić information content (AvgIpc) is 0.759. The largest absolute Gasteiger partial charge is 0.477 e. The summed E-state index contributed by atoms with van der Waals surface area (Å²) in [7, 11) is 0. The number of carbonyl (C=O) groups excluding carboxylic acids is 3. The fourth-order valence-electron chi connectivity index (χ4n) is 11.9. The van der Waals surface area contributed by atoms with Crippen LogP contribution in [0.4, 0.5) is 0 Å². The summed E-state index contributed by atoms with van der Waals surface area (Å²) in [6.07, 6.45) is -69.4. The van der Waals surface area contributed by atoms with Gasteiger partial charge in [-0.1, -0.05) is 0 Å². The van der Waals surface area contributed by atoms with E-state index in [1.165, 1.54) is 0 Å².